The highest BCUT2D eigenvalue weighted by Gasteiger charge is 2.12. The number of rotatable bonds is 6. The molecular formula is C40H27BrN2. The number of hydrogen-bond acceptors (Lipinski definition) is 2. The van der Waals surface area contributed by atoms with Gasteiger partial charge in [0.05, 0.1) is 11.4 Å². The van der Waals surface area contributed by atoms with Crippen molar-refractivity contribution < 1.29 is 0 Å². The van der Waals surface area contributed by atoms with Crippen molar-refractivity contribution in [2.24, 2.45) is 0 Å². The minimum Gasteiger partial charge on any atom is -0.228 e. The first-order chi connectivity index (χ1) is 21.2. The molecule has 0 saturated carbocycles. The molecule has 0 atom stereocenters. The second-order valence-corrected chi connectivity index (χ2v) is 11.4. The van der Waals surface area contributed by atoms with Crippen LogP contribution in [0.5, 0.6) is 0 Å². The average Bonchev–Trinajstić information content (AvgIpc) is 3.09. The van der Waals surface area contributed by atoms with Crippen molar-refractivity contribution in [1.82, 2.24) is 9.97 Å². The molecule has 0 saturated heterocycles. The molecule has 0 aliphatic heterocycles. The first-order valence-electron chi connectivity index (χ1n) is 14.3. The molecular weight excluding hydrogens is 588 g/mol. The molecule has 0 aliphatic carbocycles. The third-order valence-corrected chi connectivity index (χ3v) is 8.13. The van der Waals surface area contributed by atoms with Gasteiger partial charge in [0.1, 0.15) is 0 Å². The Morgan fingerprint density at radius 3 is 1.28 bits per heavy atom. The van der Waals surface area contributed by atoms with E-state index in [1.807, 2.05) is 24.3 Å². The van der Waals surface area contributed by atoms with Crippen LogP contribution in [0.15, 0.2) is 168 Å². The van der Waals surface area contributed by atoms with Gasteiger partial charge in [-0.2, -0.15) is 0 Å². The van der Waals surface area contributed by atoms with E-state index in [0.29, 0.717) is 5.82 Å². The van der Waals surface area contributed by atoms with E-state index in [4.69, 9.17) is 9.97 Å². The van der Waals surface area contributed by atoms with E-state index < -0.39 is 0 Å². The minimum atomic E-state index is 0.709. The Bertz CT molecular complexity index is 1980. The van der Waals surface area contributed by atoms with E-state index in [2.05, 4.69) is 155 Å². The molecule has 7 rings (SSSR count). The molecule has 0 amide bonds. The lowest BCUT2D eigenvalue weighted by molar-refractivity contribution is 1.18. The Kier molecular flexibility index (Phi) is 7.47. The molecule has 43 heavy (non-hydrogen) atoms. The summed E-state index contributed by atoms with van der Waals surface area (Å²) < 4.78 is 1.08. The molecule has 0 aliphatic rings. The molecule has 2 nitrogen and oxygen atoms in total. The molecule has 7 aromatic rings. The summed E-state index contributed by atoms with van der Waals surface area (Å²) in [5, 5.41) is 0. The summed E-state index contributed by atoms with van der Waals surface area (Å²) in [6.07, 6.45) is 0. The molecule has 0 spiro atoms. The summed E-state index contributed by atoms with van der Waals surface area (Å²) >= 11 is 3.52. The summed E-state index contributed by atoms with van der Waals surface area (Å²) in [7, 11) is 0. The summed E-state index contributed by atoms with van der Waals surface area (Å²) in [6.45, 7) is 0. The van der Waals surface area contributed by atoms with Crippen molar-refractivity contribution in [2.75, 3.05) is 0 Å². The number of aromatic nitrogens is 2. The Morgan fingerprint density at radius 2 is 0.698 bits per heavy atom. The molecule has 0 radical (unpaired) electrons. The van der Waals surface area contributed by atoms with E-state index >= 15 is 0 Å². The van der Waals surface area contributed by atoms with Gasteiger partial charge in [-0.05, 0) is 57.6 Å². The van der Waals surface area contributed by atoms with Crippen LogP contribution in [0.4, 0.5) is 0 Å². The Morgan fingerprint density at radius 1 is 0.302 bits per heavy atom. The highest BCUT2D eigenvalue weighted by Crippen LogP contribution is 2.32. The van der Waals surface area contributed by atoms with Crippen LogP contribution in [0.25, 0.3) is 67.3 Å². The molecule has 0 bridgehead atoms. The van der Waals surface area contributed by atoms with Crippen LogP contribution in [0, 0.1) is 0 Å². The summed E-state index contributed by atoms with van der Waals surface area (Å²) in [4.78, 5) is 10.1. The molecule has 0 fully saturated rings. The fourth-order valence-electron chi connectivity index (χ4n) is 5.28. The Labute approximate surface area is 260 Å². The second-order valence-electron chi connectivity index (χ2n) is 10.4. The quantitative estimate of drug-likeness (QED) is 0.186. The highest BCUT2D eigenvalue weighted by atomic mass is 79.9. The van der Waals surface area contributed by atoms with E-state index in [1.54, 1.807) is 0 Å². The molecule has 6 aromatic carbocycles. The van der Waals surface area contributed by atoms with Gasteiger partial charge in [0, 0.05) is 21.2 Å². The van der Waals surface area contributed by atoms with E-state index in [9.17, 15) is 0 Å². The highest BCUT2D eigenvalue weighted by molar-refractivity contribution is 9.10. The van der Waals surface area contributed by atoms with Crippen molar-refractivity contribution >= 4 is 15.9 Å². The van der Waals surface area contributed by atoms with E-state index in [-0.39, 0.29) is 0 Å². The zero-order valence-electron chi connectivity index (χ0n) is 23.4. The van der Waals surface area contributed by atoms with Crippen molar-refractivity contribution in [3.05, 3.63) is 168 Å². The summed E-state index contributed by atoms with van der Waals surface area (Å²) in [5.74, 6) is 0.709. The van der Waals surface area contributed by atoms with Gasteiger partial charge < -0.3 is 0 Å². The van der Waals surface area contributed by atoms with Crippen molar-refractivity contribution in [3.8, 4) is 67.3 Å². The normalized spacial score (nSPS) is 10.9. The maximum Gasteiger partial charge on any atom is 0.160 e. The van der Waals surface area contributed by atoms with Crippen molar-refractivity contribution in [3.63, 3.8) is 0 Å². The second kappa shape index (κ2) is 12.0. The van der Waals surface area contributed by atoms with Crippen LogP contribution < -0.4 is 0 Å². The SMILES string of the molecule is Brc1ccc(-c2ccc(-c3cccc(-c4cc(-c5ccccc5)nc(-c5ccc(-c6ccccc6)cc5)n4)c3)cc2)cc1. The molecule has 3 heteroatoms. The first-order valence-corrected chi connectivity index (χ1v) is 15.1. The van der Waals surface area contributed by atoms with Crippen LogP contribution in [0.1, 0.15) is 0 Å². The molecule has 0 N–H and O–H groups in total. The number of hydrogen-bond donors (Lipinski definition) is 0. The van der Waals surface area contributed by atoms with Gasteiger partial charge in [0.2, 0.25) is 0 Å². The predicted octanol–water partition coefficient (Wildman–Crippen LogP) is 11.2. The van der Waals surface area contributed by atoms with Gasteiger partial charge in [0.15, 0.2) is 5.82 Å². The lowest BCUT2D eigenvalue weighted by Gasteiger charge is -2.11. The smallest absolute Gasteiger partial charge is 0.160 e. The van der Waals surface area contributed by atoms with Crippen LogP contribution in [0.3, 0.4) is 0 Å². The molecule has 1 aromatic heterocycles. The zero-order valence-corrected chi connectivity index (χ0v) is 24.9. The van der Waals surface area contributed by atoms with Crippen molar-refractivity contribution in [1.29, 1.82) is 0 Å². The third-order valence-electron chi connectivity index (χ3n) is 7.60. The Balaban J connectivity index is 1.26. The largest absolute Gasteiger partial charge is 0.228 e. The van der Waals surface area contributed by atoms with E-state index in [1.165, 1.54) is 22.3 Å². The first kappa shape index (κ1) is 26.8. The van der Waals surface area contributed by atoms with Gasteiger partial charge in [-0.15, -0.1) is 0 Å². The third kappa shape index (κ3) is 5.94. The van der Waals surface area contributed by atoms with Gasteiger partial charge in [-0.3, -0.25) is 0 Å². The van der Waals surface area contributed by atoms with Gasteiger partial charge in [-0.25, -0.2) is 9.97 Å². The Hall–Kier alpha value is -5.12. The van der Waals surface area contributed by atoms with Gasteiger partial charge >= 0.3 is 0 Å². The van der Waals surface area contributed by atoms with Gasteiger partial charge in [0.25, 0.3) is 0 Å². The number of benzene rings is 6. The number of nitrogens with zero attached hydrogens (tertiary/aromatic N) is 2. The maximum atomic E-state index is 5.08. The molecule has 204 valence electrons. The topological polar surface area (TPSA) is 25.8 Å². The lowest BCUT2D eigenvalue weighted by Crippen LogP contribution is -1.96. The zero-order chi connectivity index (χ0) is 29.0. The monoisotopic (exact) mass is 614 g/mol. The average molecular weight is 616 g/mol. The lowest BCUT2D eigenvalue weighted by atomic mass is 9.98. The maximum absolute atomic E-state index is 5.08. The van der Waals surface area contributed by atoms with Gasteiger partial charge in [-0.1, -0.05) is 155 Å². The van der Waals surface area contributed by atoms with Crippen LogP contribution >= 0.6 is 15.9 Å². The molecule has 0 unspecified atom stereocenters. The van der Waals surface area contributed by atoms with Crippen LogP contribution in [-0.4, -0.2) is 9.97 Å². The minimum absolute atomic E-state index is 0.709. The van der Waals surface area contributed by atoms with Crippen LogP contribution in [0.2, 0.25) is 0 Å². The fourth-order valence-corrected chi connectivity index (χ4v) is 5.54. The van der Waals surface area contributed by atoms with Crippen LogP contribution in [-0.2, 0) is 0 Å². The molecule has 1 heterocycles. The van der Waals surface area contributed by atoms with Crippen molar-refractivity contribution in [2.45, 2.75) is 0 Å². The fraction of sp³-hybridized carbons (Fsp3) is 0. The summed E-state index contributed by atoms with van der Waals surface area (Å²) in [6, 6.07) is 57.1. The standard InChI is InChI=1S/C40H27BrN2/c41-37-24-22-31(23-25-37)30-14-16-32(17-15-30)35-12-7-13-36(26-35)39-27-38(33-10-5-2-6-11-33)42-40(43-39)34-20-18-29(19-21-34)28-8-3-1-4-9-28/h1-27H. The number of halogens is 1. The van der Waals surface area contributed by atoms with E-state index in [0.717, 1.165) is 43.7 Å². The predicted molar refractivity (Wildman–Crippen MR) is 182 cm³/mol. The summed E-state index contributed by atoms with van der Waals surface area (Å²) in [5.41, 5.74) is 12.0.